The van der Waals surface area contributed by atoms with E-state index in [0.29, 0.717) is 0 Å². The number of anilines is 1. The van der Waals surface area contributed by atoms with E-state index in [4.69, 9.17) is 5.73 Å². The molecule has 0 saturated carbocycles. The van der Waals surface area contributed by atoms with Crippen LogP contribution in [0.4, 0.5) is 5.69 Å². The molecule has 2 rings (SSSR count). The lowest BCUT2D eigenvalue weighted by molar-refractivity contribution is 0.136. The van der Waals surface area contributed by atoms with E-state index in [0.717, 1.165) is 24.2 Å². The molecule has 3 heteroatoms. The van der Waals surface area contributed by atoms with Crippen molar-refractivity contribution in [3.05, 3.63) is 65.7 Å². The lowest BCUT2D eigenvalue weighted by Gasteiger charge is -2.20. The van der Waals surface area contributed by atoms with E-state index >= 15 is 0 Å². The molecule has 20 heavy (non-hydrogen) atoms. The van der Waals surface area contributed by atoms with Crippen molar-refractivity contribution in [2.45, 2.75) is 25.5 Å². The van der Waals surface area contributed by atoms with E-state index in [-0.39, 0.29) is 6.04 Å². The topological polar surface area (TPSA) is 58.3 Å². The van der Waals surface area contributed by atoms with Crippen LogP contribution in [0.5, 0.6) is 0 Å². The molecule has 2 atom stereocenters. The highest BCUT2D eigenvalue weighted by molar-refractivity contribution is 5.39. The fourth-order valence-electron chi connectivity index (χ4n) is 2.18. The van der Waals surface area contributed by atoms with Gasteiger partial charge in [-0.05, 0) is 43.1 Å². The quantitative estimate of drug-likeness (QED) is 0.707. The van der Waals surface area contributed by atoms with Gasteiger partial charge in [-0.3, -0.25) is 0 Å². The summed E-state index contributed by atoms with van der Waals surface area (Å²) >= 11 is 0. The first-order valence-corrected chi connectivity index (χ1v) is 6.97. The predicted octanol–water partition coefficient (Wildman–Crippen LogP) is 2.52. The number of nitrogens with two attached hydrogens (primary N) is 1. The summed E-state index contributed by atoms with van der Waals surface area (Å²) in [5, 5.41) is 13.6. The number of aliphatic hydroxyl groups is 1. The van der Waals surface area contributed by atoms with Crippen molar-refractivity contribution >= 4 is 5.69 Å². The Morgan fingerprint density at radius 3 is 2.35 bits per heavy atom. The van der Waals surface area contributed by atoms with E-state index in [1.807, 2.05) is 61.5 Å². The van der Waals surface area contributed by atoms with Gasteiger partial charge in [0.05, 0.1) is 6.10 Å². The van der Waals surface area contributed by atoms with Gasteiger partial charge in [-0.15, -0.1) is 0 Å². The molecule has 0 aliphatic carbocycles. The SMILES string of the molecule is CC(NCCc1ccc(N)cc1)C(O)c1ccccc1. The summed E-state index contributed by atoms with van der Waals surface area (Å²) in [5.74, 6) is 0. The van der Waals surface area contributed by atoms with E-state index in [9.17, 15) is 5.11 Å². The summed E-state index contributed by atoms with van der Waals surface area (Å²) in [6.45, 7) is 2.83. The third kappa shape index (κ3) is 4.08. The summed E-state index contributed by atoms with van der Waals surface area (Å²) in [7, 11) is 0. The molecule has 2 aromatic rings. The van der Waals surface area contributed by atoms with Crippen molar-refractivity contribution < 1.29 is 5.11 Å². The van der Waals surface area contributed by atoms with Crippen molar-refractivity contribution in [1.82, 2.24) is 5.32 Å². The normalized spacial score (nSPS) is 13.9. The van der Waals surface area contributed by atoms with Crippen LogP contribution in [-0.2, 0) is 6.42 Å². The molecule has 3 nitrogen and oxygen atoms in total. The van der Waals surface area contributed by atoms with Gasteiger partial charge in [0.15, 0.2) is 0 Å². The molecule has 0 heterocycles. The highest BCUT2D eigenvalue weighted by Crippen LogP contribution is 2.16. The van der Waals surface area contributed by atoms with E-state index in [1.54, 1.807) is 0 Å². The Balaban J connectivity index is 1.80. The molecule has 4 N–H and O–H groups in total. The van der Waals surface area contributed by atoms with Crippen LogP contribution in [-0.4, -0.2) is 17.7 Å². The van der Waals surface area contributed by atoms with Gasteiger partial charge >= 0.3 is 0 Å². The maximum atomic E-state index is 10.2. The van der Waals surface area contributed by atoms with Gasteiger partial charge in [-0.1, -0.05) is 42.5 Å². The molecule has 2 unspecified atom stereocenters. The van der Waals surface area contributed by atoms with E-state index in [2.05, 4.69) is 5.32 Å². The van der Waals surface area contributed by atoms with Crippen molar-refractivity contribution in [1.29, 1.82) is 0 Å². The Kier molecular flexibility index (Phi) is 5.16. The van der Waals surface area contributed by atoms with Crippen LogP contribution in [0.2, 0.25) is 0 Å². The molecule has 106 valence electrons. The molecule has 0 aliphatic heterocycles. The third-order valence-corrected chi connectivity index (χ3v) is 3.47. The number of hydrogen-bond donors (Lipinski definition) is 3. The van der Waals surface area contributed by atoms with Gasteiger partial charge in [-0.2, -0.15) is 0 Å². The Morgan fingerprint density at radius 1 is 1.05 bits per heavy atom. The Morgan fingerprint density at radius 2 is 1.70 bits per heavy atom. The molecule has 0 aromatic heterocycles. The number of benzene rings is 2. The molecule has 0 fully saturated rings. The summed E-state index contributed by atoms with van der Waals surface area (Å²) in [5.41, 5.74) is 8.63. The second-order valence-electron chi connectivity index (χ2n) is 5.09. The summed E-state index contributed by atoms with van der Waals surface area (Å²) in [6, 6.07) is 17.7. The third-order valence-electron chi connectivity index (χ3n) is 3.47. The summed E-state index contributed by atoms with van der Waals surface area (Å²) < 4.78 is 0. The van der Waals surface area contributed by atoms with Crippen molar-refractivity contribution in [3.8, 4) is 0 Å². The minimum absolute atomic E-state index is 0.0196. The zero-order chi connectivity index (χ0) is 14.4. The number of rotatable bonds is 6. The van der Waals surface area contributed by atoms with Crippen molar-refractivity contribution in [2.24, 2.45) is 0 Å². The number of nitrogens with one attached hydrogen (secondary N) is 1. The number of hydrogen-bond acceptors (Lipinski definition) is 3. The molecule has 0 amide bonds. The highest BCUT2D eigenvalue weighted by atomic mass is 16.3. The van der Waals surface area contributed by atoms with Gasteiger partial charge in [0.25, 0.3) is 0 Å². The first-order valence-electron chi connectivity index (χ1n) is 6.97. The first kappa shape index (κ1) is 14.6. The molecule has 0 spiro atoms. The van der Waals surface area contributed by atoms with Crippen LogP contribution in [0.3, 0.4) is 0 Å². The van der Waals surface area contributed by atoms with Crippen LogP contribution < -0.4 is 11.1 Å². The number of nitrogen functional groups attached to an aromatic ring is 1. The molecule has 2 aromatic carbocycles. The standard InChI is InChI=1S/C17H22N2O/c1-13(17(20)15-5-3-2-4-6-15)19-12-11-14-7-9-16(18)10-8-14/h2-10,13,17,19-20H,11-12,18H2,1H3. The Labute approximate surface area is 120 Å². The average molecular weight is 270 g/mol. The van der Waals surface area contributed by atoms with Gasteiger partial charge in [0, 0.05) is 11.7 Å². The number of aliphatic hydroxyl groups excluding tert-OH is 1. The zero-order valence-electron chi connectivity index (χ0n) is 11.8. The Bertz CT molecular complexity index is 510. The lowest BCUT2D eigenvalue weighted by Crippen LogP contribution is -2.33. The van der Waals surface area contributed by atoms with Crippen LogP contribution in [0, 0.1) is 0 Å². The molecule has 0 bridgehead atoms. The molecular formula is C17H22N2O. The first-order chi connectivity index (χ1) is 9.66. The second kappa shape index (κ2) is 7.08. The van der Waals surface area contributed by atoms with Gasteiger partial charge in [0.1, 0.15) is 0 Å². The molecule has 0 radical (unpaired) electrons. The maximum absolute atomic E-state index is 10.2. The zero-order valence-corrected chi connectivity index (χ0v) is 11.8. The fourth-order valence-corrected chi connectivity index (χ4v) is 2.18. The minimum Gasteiger partial charge on any atom is -0.399 e. The van der Waals surface area contributed by atoms with Crippen molar-refractivity contribution in [3.63, 3.8) is 0 Å². The largest absolute Gasteiger partial charge is 0.399 e. The second-order valence-corrected chi connectivity index (χ2v) is 5.09. The fraction of sp³-hybridized carbons (Fsp3) is 0.294. The van der Waals surface area contributed by atoms with Crippen molar-refractivity contribution in [2.75, 3.05) is 12.3 Å². The maximum Gasteiger partial charge on any atom is 0.0940 e. The molecular weight excluding hydrogens is 248 g/mol. The average Bonchev–Trinajstić information content (AvgIpc) is 2.49. The molecule has 0 aliphatic rings. The van der Waals surface area contributed by atoms with E-state index in [1.165, 1.54) is 5.56 Å². The summed E-state index contributed by atoms with van der Waals surface area (Å²) in [4.78, 5) is 0. The lowest BCUT2D eigenvalue weighted by atomic mass is 10.0. The van der Waals surface area contributed by atoms with Gasteiger partial charge in [-0.25, -0.2) is 0 Å². The summed E-state index contributed by atoms with van der Waals surface area (Å²) in [6.07, 6.45) is 0.439. The molecule has 0 saturated heterocycles. The van der Waals surface area contributed by atoms with E-state index < -0.39 is 6.10 Å². The monoisotopic (exact) mass is 270 g/mol. The minimum atomic E-state index is -0.484. The van der Waals surface area contributed by atoms with Crippen LogP contribution in [0.15, 0.2) is 54.6 Å². The highest BCUT2D eigenvalue weighted by Gasteiger charge is 2.14. The van der Waals surface area contributed by atoms with Crippen LogP contribution >= 0.6 is 0 Å². The van der Waals surface area contributed by atoms with Gasteiger partial charge in [0.2, 0.25) is 0 Å². The smallest absolute Gasteiger partial charge is 0.0940 e. The Hall–Kier alpha value is -1.84. The van der Waals surface area contributed by atoms with Crippen LogP contribution in [0.1, 0.15) is 24.2 Å². The van der Waals surface area contributed by atoms with Gasteiger partial charge < -0.3 is 16.2 Å². The predicted molar refractivity (Wildman–Crippen MR) is 83.4 cm³/mol. The van der Waals surface area contributed by atoms with Crippen LogP contribution in [0.25, 0.3) is 0 Å².